The Hall–Kier alpha value is -3.49. The van der Waals surface area contributed by atoms with Crippen molar-refractivity contribution in [2.24, 2.45) is 0 Å². The number of carboxylic acids is 1. The minimum absolute atomic E-state index is 0.0769. The third-order valence-corrected chi connectivity index (χ3v) is 4.60. The number of piperazine rings is 1. The fraction of sp³-hybridized carbons (Fsp3) is 0.316. The highest BCUT2D eigenvalue weighted by Crippen LogP contribution is 2.20. The first-order valence-corrected chi connectivity index (χ1v) is 8.69. The second kappa shape index (κ2) is 8.03. The largest absolute Gasteiger partial charge is 0.496 e. The van der Waals surface area contributed by atoms with Crippen molar-refractivity contribution < 1.29 is 24.2 Å². The van der Waals surface area contributed by atoms with Gasteiger partial charge in [-0.3, -0.25) is 9.59 Å². The lowest BCUT2D eigenvalue weighted by Gasteiger charge is -2.34. The van der Waals surface area contributed by atoms with Crippen molar-refractivity contribution in [2.75, 3.05) is 33.3 Å². The summed E-state index contributed by atoms with van der Waals surface area (Å²) >= 11 is 0. The number of ether oxygens (including phenoxy) is 1. The highest BCUT2D eigenvalue weighted by molar-refractivity contribution is 5.95. The van der Waals surface area contributed by atoms with Crippen molar-refractivity contribution in [3.8, 4) is 5.75 Å². The van der Waals surface area contributed by atoms with Gasteiger partial charge in [0, 0.05) is 31.7 Å². The third kappa shape index (κ3) is 3.93. The number of aryl methyl sites for hydroxylation is 1. The number of rotatable bonds is 4. The van der Waals surface area contributed by atoms with Crippen LogP contribution in [0, 0.1) is 6.92 Å². The number of carbonyl (C=O) groups is 3. The zero-order valence-electron chi connectivity index (χ0n) is 15.6. The van der Waals surface area contributed by atoms with Crippen LogP contribution in [-0.2, 0) is 0 Å². The molecule has 1 N–H and O–H groups in total. The molecule has 146 valence electrons. The van der Waals surface area contributed by atoms with Gasteiger partial charge in [-0.05, 0) is 24.6 Å². The number of nitrogens with zero attached hydrogens (tertiary/aromatic N) is 4. The Morgan fingerprint density at radius 1 is 0.964 bits per heavy atom. The summed E-state index contributed by atoms with van der Waals surface area (Å²) in [6.07, 6.45) is 2.21. The summed E-state index contributed by atoms with van der Waals surface area (Å²) in [5.74, 6) is -1.00. The molecular formula is C19H20N4O5. The molecule has 2 amide bonds. The molecule has 9 nitrogen and oxygen atoms in total. The van der Waals surface area contributed by atoms with Gasteiger partial charge in [-0.25, -0.2) is 14.8 Å². The second-order valence-corrected chi connectivity index (χ2v) is 6.36. The van der Waals surface area contributed by atoms with E-state index in [1.54, 1.807) is 29.0 Å². The van der Waals surface area contributed by atoms with E-state index in [4.69, 9.17) is 9.84 Å². The number of aromatic nitrogens is 2. The van der Waals surface area contributed by atoms with E-state index < -0.39 is 5.97 Å². The molecule has 0 saturated carbocycles. The minimum atomic E-state index is -1.20. The topological polar surface area (TPSA) is 113 Å². The molecule has 0 atom stereocenters. The average Bonchev–Trinajstić information content (AvgIpc) is 2.73. The minimum Gasteiger partial charge on any atom is -0.496 e. The van der Waals surface area contributed by atoms with Crippen molar-refractivity contribution in [2.45, 2.75) is 6.92 Å². The lowest BCUT2D eigenvalue weighted by atomic mass is 10.1. The Bertz CT molecular complexity index is 905. The molecule has 0 aliphatic carbocycles. The molecule has 1 aromatic carbocycles. The van der Waals surface area contributed by atoms with Crippen molar-refractivity contribution in [1.82, 2.24) is 19.8 Å². The van der Waals surface area contributed by atoms with Crippen LogP contribution in [0.25, 0.3) is 0 Å². The molecular weight excluding hydrogens is 364 g/mol. The van der Waals surface area contributed by atoms with Gasteiger partial charge in [0.15, 0.2) is 5.69 Å². The first-order valence-electron chi connectivity index (χ1n) is 8.69. The number of hydrogen-bond acceptors (Lipinski definition) is 6. The summed E-state index contributed by atoms with van der Waals surface area (Å²) in [6, 6.07) is 5.32. The normalized spacial score (nSPS) is 13.9. The van der Waals surface area contributed by atoms with Gasteiger partial charge in [0.05, 0.1) is 19.5 Å². The van der Waals surface area contributed by atoms with E-state index in [0.29, 0.717) is 37.5 Å². The Morgan fingerprint density at radius 2 is 1.54 bits per heavy atom. The molecule has 0 radical (unpaired) electrons. The summed E-state index contributed by atoms with van der Waals surface area (Å²) in [6.45, 7) is 3.40. The number of hydrogen-bond donors (Lipinski definition) is 1. The van der Waals surface area contributed by atoms with Crippen molar-refractivity contribution in [3.63, 3.8) is 0 Å². The van der Waals surface area contributed by atoms with Crippen LogP contribution in [0.4, 0.5) is 0 Å². The number of aromatic carboxylic acids is 1. The van der Waals surface area contributed by atoms with Crippen LogP contribution in [-0.4, -0.2) is 75.9 Å². The highest BCUT2D eigenvalue weighted by atomic mass is 16.5. The van der Waals surface area contributed by atoms with Crippen LogP contribution in [0.15, 0.2) is 30.6 Å². The summed E-state index contributed by atoms with van der Waals surface area (Å²) in [7, 11) is 1.56. The number of carboxylic acid groups (broad SMARTS) is 1. The summed E-state index contributed by atoms with van der Waals surface area (Å²) in [4.78, 5) is 46.9. The third-order valence-electron chi connectivity index (χ3n) is 4.60. The van der Waals surface area contributed by atoms with Crippen LogP contribution < -0.4 is 4.74 Å². The zero-order valence-corrected chi connectivity index (χ0v) is 15.6. The van der Waals surface area contributed by atoms with E-state index in [-0.39, 0.29) is 23.2 Å². The molecule has 1 saturated heterocycles. The SMILES string of the molecule is COc1cc(C(=O)N2CCN(C(=O)c3cnc(C(=O)O)cn3)CC2)ccc1C. The van der Waals surface area contributed by atoms with E-state index in [1.165, 1.54) is 0 Å². The molecule has 9 heteroatoms. The lowest BCUT2D eigenvalue weighted by Crippen LogP contribution is -2.50. The van der Waals surface area contributed by atoms with Gasteiger partial charge < -0.3 is 19.6 Å². The van der Waals surface area contributed by atoms with E-state index in [9.17, 15) is 14.4 Å². The number of carbonyl (C=O) groups excluding carboxylic acids is 2. The fourth-order valence-corrected chi connectivity index (χ4v) is 2.96. The molecule has 1 aliphatic heterocycles. The van der Waals surface area contributed by atoms with Gasteiger partial charge in [-0.15, -0.1) is 0 Å². The molecule has 0 spiro atoms. The Balaban J connectivity index is 1.63. The quantitative estimate of drug-likeness (QED) is 0.839. The second-order valence-electron chi connectivity index (χ2n) is 6.36. The Morgan fingerprint density at radius 3 is 2.07 bits per heavy atom. The maximum absolute atomic E-state index is 12.7. The summed E-state index contributed by atoms with van der Waals surface area (Å²) in [5.41, 5.74) is 1.34. The van der Waals surface area contributed by atoms with Gasteiger partial charge in [0.25, 0.3) is 11.8 Å². The molecule has 1 fully saturated rings. The lowest BCUT2D eigenvalue weighted by molar-refractivity contribution is 0.0531. The van der Waals surface area contributed by atoms with E-state index in [2.05, 4.69) is 9.97 Å². The van der Waals surface area contributed by atoms with Gasteiger partial charge in [0.2, 0.25) is 0 Å². The van der Waals surface area contributed by atoms with Crippen LogP contribution >= 0.6 is 0 Å². The zero-order chi connectivity index (χ0) is 20.3. The standard InChI is InChI=1S/C19H20N4O5/c1-12-3-4-13(9-16(12)28-2)17(24)22-5-7-23(8-6-22)18(25)14-10-21-15(11-20-14)19(26)27/h3-4,9-11H,5-8H2,1-2H3,(H,26,27). The number of methoxy groups -OCH3 is 1. The first kappa shape index (κ1) is 19.3. The summed E-state index contributed by atoms with van der Waals surface area (Å²) in [5, 5.41) is 8.84. The monoisotopic (exact) mass is 384 g/mol. The van der Waals surface area contributed by atoms with Gasteiger partial charge in [-0.2, -0.15) is 0 Å². The molecule has 3 rings (SSSR count). The molecule has 1 aliphatic rings. The number of benzene rings is 1. The van der Waals surface area contributed by atoms with Crippen molar-refractivity contribution in [3.05, 3.63) is 53.1 Å². The van der Waals surface area contributed by atoms with Crippen molar-refractivity contribution >= 4 is 17.8 Å². The number of amides is 2. The van der Waals surface area contributed by atoms with E-state index >= 15 is 0 Å². The van der Waals surface area contributed by atoms with E-state index in [0.717, 1.165) is 18.0 Å². The van der Waals surface area contributed by atoms with Crippen LogP contribution in [0.5, 0.6) is 5.75 Å². The maximum atomic E-state index is 12.7. The Labute approximate surface area is 161 Å². The molecule has 1 aromatic heterocycles. The molecule has 0 unspecified atom stereocenters. The van der Waals surface area contributed by atoms with E-state index in [1.807, 2.05) is 13.0 Å². The maximum Gasteiger partial charge on any atom is 0.356 e. The van der Waals surface area contributed by atoms with Crippen LogP contribution in [0.2, 0.25) is 0 Å². The van der Waals surface area contributed by atoms with Crippen molar-refractivity contribution in [1.29, 1.82) is 0 Å². The first-order chi connectivity index (χ1) is 13.4. The predicted molar refractivity (Wildman–Crippen MR) is 98.5 cm³/mol. The van der Waals surface area contributed by atoms with Gasteiger partial charge in [-0.1, -0.05) is 6.07 Å². The average molecular weight is 384 g/mol. The van der Waals surface area contributed by atoms with Gasteiger partial charge >= 0.3 is 5.97 Å². The smallest absolute Gasteiger partial charge is 0.356 e. The van der Waals surface area contributed by atoms with Crippen LogP contribution in [0.1, 0.15) is 36.9 Å². The van der Waals surface area contributed by atoms with Gasteiger partial charge in [0.1, 0.15) is 11.4 Å². The molecule has 28 heavy (non-hydrogen) atoms. The predicted octanol–water partition coefficient (Wildman–Crippen LogP) is 1.09. The molecule has 2 aromatic rings. The molecule has 2 heterocycles. The summed E-state index contributed by atoms with van der Waals surface area (Å²) < 4.78 is 5.27. The molecule has 0 bridgehead atoms. The van der Waals surface area contributed by atoms with Crippen LogP contribution in [0.3, 0.4) is 0 Å². The highest BCUT2D eigenvalue weighted by Gasteiger charge is 2.26. The fourth-order valence-electron chi connectivity index (χ4n) is 2.96. The Kier molecular flexibility index (Phi) is 5.53.